The first kappa shape index (κ1) is 28.0. The molecule has 3 aromatic rings. The lowest BCUT2D eigenvalue weighted by Gasteiger charge is -2.38. The predicted molar refractivity (Wildman–Crippen MR) is 135 cm³/mol. The Labute approximate surface area is 227 Å². The first-order chi connectivity index (χ1) is 19.0. The maximum atomic E-state index is 12.8. The number of nitrogens with zero attached hydrogens (tertiary/aromatic N) is 4. The summed E-state index contributed by atoms with van der Waals surface area (Å²) in [4.78, 5) is 13.4. The lowest BCUT2D eigenvalue weighted by atomic mass is 9.77. The topological polar surface area (TPSA) is 76.3 Å². The molecule has 1 saturated heterocycles. The first-order valence-electron chi connectivity index (χ1n) is 13.3. The van der Waals surface area contributed by atoms with E-state index in [0.717, 1.165) is 58.0 Å². The largest absolute Gasteiger partial charge is 0.573 e. The van der Waals surface area contributed by atoms with Crippen LogP contribution in [0.2, 0.25) is 0 Å². The van der Waals surface area contributed by atoms with Gasteiger partial charge in [-0.2, -0.15) is 13.2 Å². The van der Waals surface area contributed by atoms with Crippen LogP contribution >= 0.6 is 0 Å². The average molecular weight is 570 g/mol. The van der Waals surface area contributed by atoms with Crippen LogP contribution in [0, 0.1) is 11.8 Å². The molecular weight excluding hydrogens is 540 g/mol. The van der Waals surface area contributed by atoms with Crippen LogP contribution in [0.3, 0.4) is 0 Å². The zero-order chi connectivity index (χ0) is 28.3. The molecule has 2 aliphatic rings. The number of anilines is 2. The van der Waals surface area contributed by atoms with Crippen LogP contribution in [-0.4, -0.2) is 40.4 Å². The molecule has 2 fully saturated rings. The second-order valence-electron chi connectivity index (χ2n) is 10.4. The summed E-state index contributed by atoms with van der Waals surface area (Å²) in [6.07, 6.45) is 1.62. The van der Waals surface area contributed by atoms with E-state index in [1.165, 1.54) is 36.8 Å². The van der Waals surface area contributed by atoms with Crippen molar-refractivity contribution >= 4 is 11.7 Å². The molecule has 0 radical (unpaired) electrons. The summed E-state index contributed by atoms with van der Waals surface area (Å²) in [7, 11) is 0. The predicted octanol–water partition coefficient (Wildman–Crippen LogP) is 7.33. The summed E-state index contributed by atoms with van der Waals surface area (Å²) in [6.45, 7) is 1.46. The minimum atomic E-state index is -4.79. The SMILES string of the molecule is FC(F)(F)Oc1cccc(-c2cnc(N[C@@H]3CCCC[C@H]3C[C@H]3CCCN(c4cnc(C(F)(F)F)nc4)C3)o2)c1. The first-order valence-corrected chi connectivity index (χ1v) is 13.3. The fourth-order valence-corrected chi connectivity index (χ4v) is 5.71. The standard InChI is InChI=1S/C27H29F6N5O2/c28-26(29,30)24-34-13-20(14-35-24)38-10-4-5-17(16-38)11-18-6-1-2-9-22(18)37-25-36-15-23(39-25)19-7-3-8-21(12-19)40-27(31,32)33/h3,7-8,12-15,17-18,22H,1-2,4-6,9-11,16H2,(H,36,37)/t17-,18+,22-/m1/s1. The van der Waals surface area contributed by atoms with Gasteiger partial charge in [0.1, 0.15) is 5.75 Å². The highest BCUT2D eigenvalue weighted by atomic mass is 19.4. The number of nitrogens with one attached hydrogen (secondary N) is 1. The lowest BCUT2D eigenvalue weighted by molar-refractivity contribution is -0.274. The van der Waals surface area contributed by atoms with Gasteiger partial charge in [-0.3, -0.25) is 0 Å². The Bertz CT molecular complexity index is 1260. The van der Waals surface area contributed by atoms with Crippen LogP contribution in [0.4, 0.5) is 38.0 Å². The number of benzene rings is 1. The molecule has 0 amide bonds. The Kier molecular flexibility index (Phi) is 8.09. The zero-order valence-electron chi connectivity index (χ0n) is 21.5. The Morgan fingerprint density at radius 1 is 0.950 bits per heavy atom. The maximum Gasteiger partial charge on any atom is 0.573 e. The van der Waals surface area contributed by atoms with E-state index in [2.05, 4.69) is 29.9 Å². The molecule has 13 heteroatoms. The molecule has 3 atom stereocenters. The fourth-order valence-electron chi connectivity index (χ4n) is 5.71. The second-order valence-corrected chi connectivity index (χ2v) is 10.4. The maximum absolute atomic E-state index is 12.8. The van der Waals surface area contributed by atoms with E-state index in [1.54, 1.807) is 6.07 Å². The molecule has 5 rings (SSSR count). The number of halogens is 6. The normalized spacial score (nSPS) is 22.2. The Morgan fingerprint density at radius 3 is 2.48 bits per heavy atom. The van der Waals surface area contributed by atoms with E-state index < -0.39 is 18.4 Å². The van der Waals surface area contributed by atoms with E-state index in [1.807, 2.05) is 0 Å². The molecule has 1 N–H and O–H groups in total. The summed E-state index contributed by atoms with van der Waals surface area (Å²) in [5, 5.41) is 3.40. The van der Waals surface area contributed by atoms with Crippen molar-refractivity contribution in [3.63, 3.8) is 0 Å². The molecule has 0 spiro atoms. The van der Waals surface area contributed by atoms with Crippen molar-refractivity contribution in [2.24, 2.45) is 11.8 Å². The van der Waals surface area contributed by atoms with Crippen LogP contribution in [0.25, 0.3) is 11.3 Å². The summed E-state index contributed by atoms with van der Waals surface area (Å²) >= 11 is 0. The van der Waals surface area contributed by atoms with E-state index in [-0.39, 0.29) is 11.8 Å². The third-order valence-electron chi connectivity index (χ3n) is 7.49. The van der Waals surface area contributed by atoms with E-state index >= 15 is 0 Å². The van der Waals surface area contributed by atoms with Crippen molar-refractivity contribution in [1.82, 2.24) is 15.0 Å². The zero-order valence-corrected chi connectivity index (χ0v) is 21.5. The van der Waals surface area contributed by atoms with Crippen LogP contribution in [0.15, 0.2) is 47.3 Å². The highest BCUT2D eigenvalue weighted by molar-refractivity contribution is 5.59. The Morgan fingerprint density at radius 2 is 1.73 bits per heavy atom. The minimum Gasteiger partial charge on any atom is -0.424 e. The molecule has 216 valence electrons. The third kappa shape index (κ3) is 7.16. The van der Waals surface area contributed by atoms with Gasteiger partial charge >= 0.3 is 12.5 Å². The second kappa shape index (κ2) is 11.5. The van der Waals surface area contributed by atoms with Crippen molar-refractivity contribution in [2.45, 2.75) is 63.5 Å². The van der Waals surface area contributed by atoms with Gasteiger partial charge in [-0.1, -0.05) is 25.0 Å². The molecular formula is C27H29F6N5O2. The fraction of sp³-hybridized carbons (Fsp3) is 0.519. The average Bonchev–Trinajstić information content (AvgIpc) is 3.37. The van der Waals surface area contributed by atoms with E-state index in [4.69, 9.17) is 4.42 Å². The number of piperidine rings is 1. The molecule has 1 aliphatic carbocycles. The molecule has 3 heterocycles. The molecule has 0 unspecified atom stereocenters. The lowest BCUT2D eigenvalue weighted by Crippen LogP contribution is -2.39. The van der Waals surface area contributed by atoms with Gasteiger partial charge in [0.2, 0.25) is 5.82 Å². The minimum absolute atomic E-state index is 0.116. The van der Waals surface area contributed by atoms with Crippen LogP contribution < -0.4 is 15.0 Å². The molecule has 1 aliphatic heterocycles. The molecule has 40 heavy (non-hydrogen) atoms. The number of rotatable bonds is 7. The number of hydrogen-bond acceptors (Lipinski definition) is 7. The van der Waals surface area contributed by atoms with E-state index in [0.29, 0.717) is 34.9 Å². The van der Waals surface area contributed by atoms with Gasteiger partial charge in [0.25, 0.3) is 6.01 Å². The molecule has 1 saturated carbocycles. The highest BCUT2D eigenvalue weighted by Gasteiger charge is 2.35. The summed E-state index contributed by atoms with van der Waals surface area (Å²) in [5.74, 6) is -0.448. The van der Waals surface area contributed by atoms with Gasteiger partial charge in [-0.15, -0.1) is 13.2 Å². The number of hydrogen-bond donors (Lipinski definition) is 1. The Hall–Kier alpha value is -3.51. The quantitative estimate of drug-likeness (QED) is 0.299. The molecule has 7 nitrogen and oxygen atoms in total. The number of ether oxygens (including phenoxy) is 1. The van der Waals surface area contributed by atoms with Crippen LogP contribution in [-0.2, 0) is 6.18 Å². The third-order valence-corrected chi connectivity index (χ3v) is 7.49. The monoisotopic (exact) mass is 569 g/mol. The number of aromatic nitrogens is 3. The van der Waals surface area contributed by atoms with Gasteiger partial charge in [-0.05, 0) is 56.1 Å². The Balaban J connectivity index is 1.21. The van der Waals surface area contributed by atoms with Crippen LogP contribution in [0.5, 0.6) is 5.75 Å². The van der Waals surface area contributed by atoms with Gasteiger partial charge in [0.15, 0.2) is 5.76 Å². The smallest absolute Gasteiger partial charge is 0.424 e. The van der Waals surface area contributed by atoms with Gasteiger partial charge in [-0.25, -0.2) is 15.0 Å². The van der Waals surface area contributed by atoms with Gasteiger partial charge in [0, 0.05) is 24.7 Å². The highest BCUT2D eigenvalue weighted by Crippen LogP contribution is 2.36. The van der Waals surface area contributed by atoms with Gasteiger partial charge < -0.3 is 19.4 Å². The van der Waals surface area contributed by atoms with Crippen molar-refractivity contribution in [3.8, 4) is 17.1 Å². The summed E-state index contributed by atoms with van der Waals surface area (Å²) in [5.41, 5.74) is 1.00. The summed E-state index contributed by atoms with van der Waals surface area (Å²) in [6, 6.07) is 5.96. The van der Waals surface area contributed by atoms with Crippen LogP contribution in [0.1, 0.15) is 50.8 Å². The van der Waals surface area contributed by atoms with Crippen molar-refractivity contribution < 1.29 is 35.5 Å². The molecule has 1 aromatic carbocycles. The van der Waals surface area contributed by atoms with Gasteiger partial charge in [0.05, 0.1) is 24.3 Å². The van der Waals surface area contributed by atoms with Crippen molar-refractivity contribution in [1.29, 1.82) is 0 Å². The summed E-state index contributed by atoms with van der Waals surface area (Å²) < 4.78 is 86.1. The van der Waals surface area contributed by atoms with Crippen molar-refractivity contribution in [2.75, 3.05) is 23.3 Å². The van der Waals surface area contributed by atoms with E-state index in [9.17, 15) is 26.3 Å². The molecule has 0 bridgehead atoms. The number of alkyl halides is 6. The molecule has 2 aromatic heterocycles. The number of oxazole rings is 1. The van der Waals surface area contributed by atoms with Crippen molar-refractivity contribution in [3.05, 3.63) is 48.7 Å².